The molecule has 0 bridgehead atoms. The minimum Gasteiger partial charge on any atom is -0.367 e. The minimum absolute atomic E-state index is 0.0117. The van der Waals surface area contributed by atoms with Crippen LogP contribution < -0.4 is 10.9 Å². The molecule has 1 aliphatic heterocycles. The van der Waals surface area contributed by atoms with Gasteiger partial charge in [-0.3, -0.25) is 9.59 Å². The number of nitrogens with zero attached hydrogens (tertiary/aromatic N) is 2. The topological polar surface area (TPSA) is 102 Å². The van der Waals surface area contributed by atoms with Crippen LogP contribution >= 0.6 is 11.3 Å². The summed E-state index contributed by atoms with van der Waals surface area (Å²) in [6, 6.07) is 4.03. The first kappa shape index (κ1) is 20.8. The summed E-state index contributed by atoms with van der Waals surface area (Å²) in [6.07, 6.45) is 7.48. The standard InChI is InChI=1S/C22H29N5O2S/c1-14(23)18-20(24-16-8-3-2-4-9-16)25-19(26-21(18)28)15-7-5-11-27(13-15)22(29)17-10-6-12-30-17/h6,10,12,15-16,23H,2-5,7-9,11,13H2,1H3,(H2,24,25,26,28). The lowest BCUT2D eigenvalue weighted by Gasteiger charge is -2.32. The number of aromatic nitrogens is 2. The normalized spacial score (nSPS) is 20.2. The Bertz CT molecular complexity index is 962. The van der Waals surface area contributed by atoms with Gasteiger partial charge < -0.3 is 20.6 Å². The van der Waals surface area contributed by atoms with E-state index in [1.54, 1.807) is 6.92 Å². The van der Waals surface area contributed by atoms with E-state index in [0.717, 1.165) is 37.1 Å². The summed E-state index contributed by atoms with van der Waals surface area (Å²) in [4.78, 5) is 35.9. The highest BCUT2D eigenvalue weighted by atomic mass is 32.1. The van der Waals surface area contributed by atoms with Crippen molar-refractivity contribution in [3.63, 3.8) is 0 Å². The lowest BCUT2D eigenvalue weighted by Crippen LogP contribution is -2.40. The van der Waals surface area contributed by atoms with Crippen LogP contribution in [-0.4, -0.2) is 45.6 Å². The third-order valence-corrected chi connectivity index (χ3v) is 6.94. The Balaban J connectivity index is 1.59. The lowest BCUT2D eigenvalue weighted by atomic mass is 9.95. The van der Waals surface area contributed by atoms with Gasteiger partial charge in [-0.05, 0) is 44.1 Å². The van der Waals surface area contributed by atoms with Gasteiger partial charge in [-0.2, -0.15) is 0 Å². The number of piperidine rings is 1. The van der Waals surface area contributed by atoms with Crippen LogP contribution in [0.1, 0.15) is 78.8 Å². The molecule has 1 unspecified atom stereocenters. The number of rotatable bonds is 5. The molecule has 1 aliphatic carbocycles. The van der Waals surface area contributed by atoms with Crippen molar-refractivity contribution in [2.75, 3.05) is 18.4 Å². The summed E-state index contributed by atoms with van der Waals surface area (Å²) in [6.45, 7) is 2.90. The third-order valence-electron chi connectivity index (χ3n) is 6.09. The second-order valence-corrected chi connectivity index (χ2v) is 9.29. The molecular weight excluding hydrogens is 398 g/mol. The molecule has 4 rings (SSSR count). The van der Waals surface area contributed by atoms with Crippen LogP contribution in [-0.2, 0) is 0 Å². The van der Waals surface area contributed by atoms with Crippen LogP contribution in [0.2, 0.25) is 0 Å². The molecule has 2 fully saturated rings. The quantitative estimate of drug-likeness (QED) is 0.628. The Hall–Kier alpha value is -2.48. The number of nitrogens with one attached hydrogen (secondary N) is 3. The van der Waals surface area contributed by atoms with Crippen LogP contribution in [0.15, 0.2) is 22.3 Å². The molecule has 1 atom stereocenters. The van der Waals surface area contributed by atoms with Crippen molar-refractivity contribution in [1.29, 1.82) is 5.41 Å². The number of anilines is 1. The van der Waals surface area contributed by atoms with Crippen LogP contribution in [0.5, 0.6) is 0 Å². The molecule has 160 valence electrons. The zero-order valence-corrected chi connectivity index (χ0v) is 18.2. The van der Waals surface area contributed by atoms with Gasteiger partial charge in [-0.1, -0.05) is 25.3 Å². The maximum absolute atomic E-state index is 12.8. The van der Waals surface area contributed by atoms with Crippen LogP contribution in [0, 0.1) is 5.41 Å². The Morgan fingerprint density at radius 2 is 2.07 bits per heavy atom. The summed E-state index contributed by atoms with van der Waals surface area (Å²) in [5, 5.41) is 13.4. The molecule has 2 aromatic heterocycles. The first-order valence-electron chi connectivity index (χ1n) is 10.8. The number of aromatic amines is 1. The molecule has 1 amide bonds. The van der Waals surface area contributed by atoms with E-state index in [-0.39, 0.29) is 23.1 Å². The highest BCUT2D eigenvalue weighted by Gasteiger charge is 2.29. The van der Waals surface area contributed by atoms with Gasteiger partial charge in [0.15, 0.2) is 0 Å². The zero-order chi connectivity index (χ0) is 21.1. The molecule has 0 aromatic carbocycles. The zero-order valence-electron chi connectivity index (χ0n) is 17.4. The second kappa shape index (κ2) is 9.12. The number of carbonyl (C=O) groups excluding carboxylic acids is 1. The van der Waals surface area contributed by atoms with Gasteiger partial charge in [0.05, 0.1) is 4.88 Å². The molecule has 1 saturated heterocycles. The molecular formula is C22H29N5O2S. The van der Waals surface area contributed by atoms with Gasteiger partial charge in [0.25, 0.3) is 11.5 Å². The van der Waals surface area contributed by atoms with Gasteiger partial charge in [0, 0.05) is 30.8 Å². The van der Waals surface area contributed by atoms with Gasteiger partial charge in [-0.25, -0.2) is 4.98 Å². The maximum Gasteiger partial charge on any atom is 0.263 e. The Morgan fingerprint density at radius 3 is 2.77 bits per heavy atom. The summed E-state index contributed by atoms with van der Waals surface area (Å²) in [5.41, 5.74) is 0.269. The first-order valence-corrected chi connectivity index (χ1v) is 11.7. The van der Waals surface area contributed by atoms with Gasteiger partial charge in [0.2, 0.25) is 0 Å². The molecule has 1 saturated carbocycles. The lowest BCUT2D eigenvalue weighted by molar-refractivity contribution is 0.0709. The second-order valence-electron chi connectivity index (χ2n) is 8.35. The molecule has 0 spiro atoms. The number of carbonyl (C=O) groups is 1. The molecule has 0 radical (unpaired) electrons. The van der Waals surface area contributed by atoms with E-state index in [9.17, 15) is 9.59 Å². The number of hydrogen-bond donors (Lipinski definition) is 3. The number of amides is 1. The fourth-order valence-corrected chi connectivity index (χ4v) is 5.21. The number of thiophene rings is 1. The Kier molecular flexibility index (Phi) is 6.32. The van der Waals surface area contributed by atoms with Crippen LogP contribution in [0.3, 0.4) is 0 Å². The third kappa shape index (κ3) is 4.48. The summed E-state index contributed by atoms with van der Waals surface area (Å²) < 4.78 is 0. The molecule has 2 aromatic rings. The maximum atomic E-state index is 12.8. The largest absolute Gasteiger partial charge is 0.367 e. The van der Waals surface area contributed by atoms with Crippen molar-refractivity contribution in [2.24, 2.45) is 0 Å². The first-order chi connectivity index (χ1) is 14.5. The monoisotopic (exact) mass is 427 g/mol. The van der Waals surface area contributed by atoms with Gasteiger partial charge in [-0.15, -0.1) is 11.3 Å². The molecule has 3 heterocycles. The number of H-pyrrole nitrogens is 1. The smallest absolute Gasteiger partial charge is 0.263 e. The van der Waals surface area contributed by atoms with Gasteiger partial charge in [0.1, 0.15) is 17.2 Å². The highest BCUT2D eigenvalue weighted by Crippen LogP contribution is 2.28. The average Bonchev–Trinajstić information content (AvgIpc) is 3.28. The van der Waals surface area contributed by atoms with E-state index in [1.165, 1.54) is 30.6 Å². The van der Waals surface area contributed by atoms with E-state index < -0.39 is 0 Å². The number of hydrogen-bond acceptors (Lipinski definition) is 6. The van der Waals surface area contributed by atoms with Crippen LogP contribution in [0.4, 0.5) is 5.82 Å². The van der Waals surface area contributed by atoms with E-state index in [4.69, 9.17) is 10.4 Å². The highest BCUT2D eigenvalue weighted by molar-refractivity contribution is 7.12. The van der Waals surface area contributed by atoms with E-state index >= 15 is 0 Å². The summed E-state index contributed by atoms with van der Waals surface area (Å²) in [5.74, 6) is 1.17. The van der Waals surface area contributed by atoms with E-state index in [1.807, 2.05) is 22.4 Å². The van der Waals surface area contributed by atoms with Crippen molar-refractivity contribution in [1.82, 2.24) is 14.9 Å². The number of likely N-dealkylation sites (tertiary alicyclic amines) is 1. The van der Waals surface area contributed by atoms with E-state index in [2.05, 4.69) is 10.3 Å². The Morgan fingerprint density at radius 1 is 1.27 bits per heavy atom. The summed E-state index contributed by atoms with van der Waals surface area (Å²) in [7, 11) is 0. The molecule has 7 nitrogen and oxygen atoms in total. The summed E-state index contributed by atoms with van der Waals surface area (Å²) >= 11 is 1.45. The van der Waals surface area contributed by atoms with Crippen molar-refractivity contribution < 1.29 is 4.79 Å². The fourth-order valence-electron chi connectivity index (χ4n) is 4.52. The molecule has 2 aliphatic rings. The minimum atomic E-state index is -0.271. The Labute approximate surface area is 180 Å². The van der Waals surface area contributed by atoms with Crippen molar-refractivity contribution >= 4 is 28.8 Å². The van der Waals surface area contributed by atoms with Crippen molar-refractivity contribution in [2.45, 2.75) is 63.8 Å². The molecule has 3 N–H and O–H groups in total. The predicted octanol–water partition coefficient (Wildman–Crippen LogP) is 3.98. The van der Waals surface area contributed by atoms with Crippen molar-refractivity contribution in [3.05, 3.63) is 44.1 Å². The van der Waals surface area contributed by atoms with Crippen molar-refractivity contribution in [3.8, 4) is 0 Å². The van der Waals surface area contributed by atoms with E-state index in [0.29, 0.717) is 29.8 Å². The molecule has 30 heavy (non-hydrogen) atoms. The van der Waals surface area contributed by atoms with Gasteiger partial charge >= 0.3 is 0 Å². The fraction of sp³-hybridized carbons (Fsp3) is 0.545. The predicted molar refractivity (Wildman–Crippen MR) is 120 cm³/mol. The van der Waals surface area contributed by atoms with Crippen LogP contribution in [0.25, 0.3) is 0 Å². The SMILES string of the molecule is CC(=N)c1c(NC2CCCCC2)nc(C2CCCN(C(=O)c3cccs3)C2)[nH]c1=O. The average molecular weight is 428 g/mol. The molecule has 8 heteroatoms.